The molecule has 4 aromatic heterocycles. The number of anilines is 1. The molecule has 204 valence electrons. The summed E-state index contributed by atoms with van der Waals surface area (Å²) in [6.45, 7) is 3.94. The zero-order valence-electron chi connectivity index (χ0n) is 22.4. The van der Waals surface area contributed by atoms with Crippen molar-refractivity contribution in [2.45, 2.75) is 32.7 Å². The number of aromatic amines is 1. The van der Waals surface area contributed by atoms with Crippen LogP contribution in [0.5, 0.6) is 5.75 Å². The number of carbonyl (C=O) groups excluding carboxylic acids is 1. The molecule has 0 saturated carbocycles. The second-order valence-electron chi connectivity index (χ2n) is 9.36. The first kappa shape index (κ1) is 26.5. The van der Waals surface area contributed by atoms with Gasteiger partial charge in [-0.3, -0.25) is 19.1 Å². The Morgan fingerprint density at radius 2 is 1.90 bits per heavy atom. The first-order chi connectivity index (χ1) is 19.4. The molecule has 0 aliphatic carbocycles. The summed E-state index contributed by atoms with van der Waals surface area (Å²) in [6.07, 6.45) is 6.21. The van der Waals surface area contributed by atoms with Gasteiger partial charge in [-0.1, -0.05) is 13.3 Å². The zero-order valence-corrected chi connectivity index (χ0v) is 22.4. The van der Waals surface area contributed by atoms with E-state index in [2.05, 4.69) is 25.3 Å². The van der Waals surface area contributed by atoms with Gasteiger partial charge >= 0.3 is 5.69 Å². The third-order valence-electron chi connectivity index (χ3n) is 6.65. The molecule has 0 bridgehead atoms. The Morgan fingerprint density at radius 1 is 1.10 bits per heavy atom. The van der Waals surface area contributed by atoms with E-state index in [0.717, 1.165) is 6.42 Å². The van der Waals surface area contributed by atoms with Gasteiger partial charge in [-0.25, -0.2) is 19.3 Å². The largest absolute Gasteiger partial charge is 0.497 e. The van der Waals surface area contributed by atoms with E-state index in [0.29, 0.717) is 40.6 Å². The van der Waals surface area contributed by atoms with Crippen molar-refractivity contribution < 1.29 is 9.53 Å². The predicted octanol–water partition coefficient (Wildman–Crippen LogP) is 4.00. The van der Waals surface area contributed by atoms with Gasteiger partial charge in [0.15, 0.2) is 16.9 Å². The number of aromatic nitrogens is 6. The average molecular weight is 540 g/mol. The molecule has 0 fully saturated rings. The molecule has 4 heterocycles. The van der Waals surface area contributed by atoms with Crippen LogP contribution in [0, 0.1) is 0 Å². The van der Waals surface area contributed by atoms with Crippen LogP contribution in [0.15, 0.2) is 76.7 Å². The lowest BCUT2D eigenvalue weighted by atomic mass is 10.2. The van der Waals surface area contributed by atoms with Crippen LogP contribution in [-0.4, -0.2) is 48.5 Å². The Kier molecular flexibility index (Phi) is 7.54. The van der Waals surface area contributed by atoms with Crippen molar-refractivity contribution in [2.24, 2.45) is 0 Å². The molecule has 11 heteroatoms. The second-order valence-corrected chi connectivity index (χ2v) is 9.36. The van der Waals surface area contributed by atoms with Crippen molar-refractivity contribution in [3.8, 4) is 22.8 Å². The minimum atomic E-state index is -0.461. The number of pyridine rings is 2. The molecule has 1 aromatic carbocycles. The maximum Gasteiger partial charge on any atom is 0.337 e. The van der Waals surface area contributed by atoms with Gasteiger partial charge in [0.2, 0.25) is 0 Å². The molecule has 0 aliphatic heterocycles. The highest BCUT2D eigenvalue weighted by Gasteiger charge is 2.22. The minimum Gasteiger partial charge on any atom is -0.497 e. The van der Waals surface area contributed by atoms with Gasteiger partial charge in [0.05, 0.1) is 19.3 Å². The molecular formula is C29H29N7O4. The maximum absolute atomic E-state index is 13.7. The zero-order chi connectivity index (χ0) is 28.2. The molecule has 11 nitrogen and oxygen atoms in total. The van der Waals surface area contributed by atoms with E-state index >= 15 is 0 Å². The SMILES string of the molecule is CCCC(C)n1c(=O)c2[nH]c(-c3ccc(NCC(=O)c4cccnc4)nc3)nc2n(-c2ccc(OC)cc2)c1=O. The number of hydrogen-bond donors (Lipinski definition) is 2. The lowest BCUT2D eigenvalue weighted by molar-refractivity contribution is 0.101. The highest BCUT2D eigenvalue weighted by Crippen LogP contribution is 2.22. The number of hydrogen-bond acceptors (Lipinski definition) is 8. The smallest absolute Gasteiger partial charge is 0.337 e. The van der Waals surface area contributed by atoms with Gasteiger partial charge in [-0.15, -0.1) is 0 Å². The fourth-order valence-electron chi connectivity index (χ4n) is 4.56. The molecule has 1 unspecified atom stereocenters. The number of Topliss-reactive ketones (excluding diaryl/α,β-unsaturated/α-hetero) is 1. The third-order valence-corrected chi connectivity index (χ3v) is 6.65. The van der Waals surface area contributed by atoms with E-state index in [1.807, 2.05) is 13.8 Å². The number of rotatable bonds is 10. The molecule has 1 atom stereocenters. The summed E-state index contributed by atoms with van der Waals surface area (Å²) in [7, 11) is 1.57. The van der Waals surface area contributed by atoms with Crippen molar-refractivity contribution in [3.05, 3.63) is 93.5 Å². The van der Waals surface area contributed by atoms with Crippen LogP contribution in [0.25, 0.3) is 28.2 Å². The van der Waals surface area contributed by atoms with E-state index < -0.39 is 11.2 Å². The monoisotopic (exact) mass is 539 g/mol. The summed E-state index contributed by atoms with van der Waals surface area (Å²) in [6, 6.07) is 13.6. The Morgan fingerprint density at radius 3 is 2.55 bits per heavy atom. The Labute approximate surface area is 229 Å². The molecule has 2 N–H and O–H groups in total. The number of carbonyl (C=O) groups is 1. The summed E-state index contributed by atoms with van der Waals surface area (Å²) in [4.78, 5) is 55.7. The standard InChI is InChI=1S/C29H29N7O4/c1-4-6-18(2)35-28(38)25-27(36(29(35)39)21-9-11-22(40-3)12-10-21)34-26(33-25)20-8-13-24(31-16-20)32-17-23(37)19-7-5-14-30-15-19/h5,7-16,18H,4,6,17H2,1-3H3,(H,31,32)(H,33,34). The first-order valence-electron chi connectivity index (χ1n) is 13.0. The fourth-order valence-corrected chi connectivity index (χ4v) is 4.56. The van der Waals surface area contributed by atoms with Crippen molar-refractivity contribution in [2.75, 3.05) is 19.0 Å². The van der Waals surface area contributed by atoms with Crippen molar-refractivity contribution in [3.63, 3.8) is 0 Å². The number of H-pyrrole nitrogens is 1. The summed E-state index contributed by atoms with van der Waals surface area (Å²) in [5, 5.41) is 3.01. The quantitative estimate of drug-likeness (QED) is 0.254. The van der Waals surface area contributed by atoms with Crippen LogP contribution in [0.1, 0.15) is 43.1 Å². The van der Waals surface area contributed by atoms with Gasteiger partial charge in [0.1, 0.15) is 17.4 Å². The molecule has 40 heavy (non-hydrogen) atoms. The van der Waals surface area contributed by atoms with Crippen LogP contribution >= 0.6 is 0 Å². The topological polar surface area (TPSA) is 137 Å². The molecule has 0 spiro atoms. The van der Waals surface area contributed by atoms with Crippen molar-refractivity contribution >= 4 is 22.8 Å². The first-order valence-corrected chi connectivity index (χ1v) is 13.0. The number of ether oxygens (including phenoxy) is 1. The van der Waals surface area contributed by atoms with Crippen molar-refractivity contribution in [1.82, 2.24) is 29.1 Å². The van der Waals surface area contributed by atoms with Gasteiger partial charge in [0.25, 0.3) is 5.56 Å². The minimum absolute atomic E-state index is 0.0618. The molecule has 0 radical (unpaired) electrons. The Hall–Kier alpha value is -5.06. The third kappa shape index (κ3) is 5.13. The molecule has 0 aliphatic rings. The molecule has 0 amide bonds. The normalized spacial score (nSPS) is 11.9. The average Bonchev–Trinajstić information content (AvgIpc) is 3.43. The van der Waals surface area contributed by atoms with Gasteiger partial charge in [0, 0.05) is 35.8 Å². The van der Waals surface area contributed by atoms with E-state index in [1.54, 1.807) is 68.0 Å². The summed E-state index contributed by atoms with van der Waals surface area (Å²) < 4.78 is 7.98. The van der Waals surface area contributed by atoms with Crippen LogP contribution in [0.2, 0.25) is 0 Å². The summed E-state index contributed by atoms with van der Waals surface area (Å²) in [5.74, 6) is 1.43. The number of nitrogens with zero attached hydrogens (tertiary/aromatic N) is 5. The Balaban J connectivity index is 1.52. The maximum atomic E-state index is 13.7. The number of nitrogens with one attached hydrogen (secondary N) is 2. The van der Waals surface area contributed by atoms with Crippen LogP contribution in [0.4, 0.5) is 5.82 Å². The van der Waals surface area contributed by atoms with Crippen molar-refractivity contribution in [1.29, 1.82) is 0 Å². The predicted molar refractivity (Wildman–Crippen MR) is 152 cm³/mol. The fraction of sp³-hybridized carbons (Fsp3) is 0.241. The second kappa shape index (κ2) is 11.4. The lowest BCUT2D eigenvalue weighted by Gasteiger charge is -2.16. The number of imidazole rings is 1. The molecule has 5 rings (SSSR count). The highest BCUT2D eigenvalue weighted by atomic mass is 16.5. The van der Waals surface area contributed by atoms with Gasteiger partial charge in [-0.05, 0) is 61.9 Å². The molecule has 0 saturated heterocycles. The Bertz CT molecular complexity index is 1760. The van der Waals surface area contributed by atoms with E-state index in [4.69, 9.17) is 4.74 Å². The number of fused-ring (bicyclic) bond motifs is 1. The van der Waals surface area contributed by atoms with Gasteiger partial charge in [-0.2, -0.15) is 0 Å². The van der Waals surface area contributed by atoms with E-state index in [9.17, 15) is 14.4 Å². The van der Waals surface area contributed by atoms with Gasteiger partial charge < -0.3 is 15.0 Å². The summed E-state index contributed by atoms with van der Waals surface area (Å²) >= 11 is 0. The van der Waals surface area contributed by atoms with Crippen LogP contribution in [0.3, 0.4) is 0 Å². The van der Waals surface area contributed by atoms with Crippen LogP contribution < -0.4 is 21.3 Å². The number of methoxy groups -OCH3 is 1. The summed E-state index contributed by atoms with van der Waals surface area (Å²) in [5.41, 5.74) is 1.24. The molecular weight excluding hydrogens is 510 g/mol. The van der Waals surface area contributed by atoms with E-state index in [1.165, 1.54) is 15.3 Å². The van der Waals surface area contributed by atoms with E-state index in [-0.39, 0.29) is 29.5 Å². The molecule has 5 aromatic rings. The lowest BCUT2D eigenvalue weighted by Crippen LogP contribution is -2.41. The number of ketones is 1. The highest BCUT2D eigenvalue weighted by molar-refractivity contribution is 5.98. The van der Waals surface area contributed by atoms with Crippen LogP contribution in [-0.2, 0) is 0 Å². The number of benzene rings is 1.